The molecule has 0 unspecified atom stereocenters. The summed E-state index contributed by atoms with van der Waals surface area (Å²) in [7, 11) is 0. The van der Waals surface area contributed by atoms with Gasteiger partial charge in [-0.25, -0.2) is 0 Å². The molecule has 0 N–H and O–H groups in total. The predicted octanol–water partition coefficient (Wildman–Crippen LogP) is 3.66. The Bertz CT molecular complexity index is 274. The Balaban J connectivity index is 2.06. The van der Waals surface area contributed by atoms with Gasteiger partial charge >= 0.3 is 0 Å². The molecule has 1 aliphatic heterocycles. The van der Waals surface area contributed by atoms with Gasteiger partial charge in [-0.1, -0.05) is 18.6 Å². The topological polar surface area (TPSA) is 18.5 Å². The average Bonchev–Trinajstić information content (AvgIpc) is 2.21. The lowest BCUT2D eigenvalue weighted by molar-refractivity contribution is -0.279. The number of ether oxygens (including phenoxy) is 2. The quantitative estimate of drug-likeness (QED) is 0.633. The third-order valence-corrected chi connectivity index (χ3v) is 3.95. The zero-order valence-electron chi connectivity index (χ0n) is 11.0. The van der Waals surface area contributed by atoms with E-state index in [-0.39, 0.29) is 11.7 Å². The molecule has 1 heterocycles. The van der Waals surface area contributed by atoms with E-state index in [2.05, 4.69) is 33.8 Å². The molecule has 1 aliphatic carbocycles. The third-order valence-electron chi connectivity index (χ3n) is 3.95. The van der Waals surface area contributed by atoms with Gasteiger partial charge in [0.15, 0.2) is 6.29 Å². The SMILES string of the molecule is CC1=CC[C@@](C)(C2O[C@H](C)C[C@@H](C)O2)CC1. The van der Waals surface area contributed by atoms with Crippen molar-refractivity contribution in [1.29, 1.82) is 0 Å². The monoisotopic (exact) mass is 224 g/mol. The number of hydrogen-bond acceptors (Lipinski definition) is 2. The molecular formula is C14H24O2. The van der Waals surface area contributed by atoms with E-state index in [0.29, 0.717) is 12.2 Å². The highest BCUT2D eigenvalue weighted by molar-refractivity contribution is 5.07. The molecule has 92 valence electrons. The highest BCUT2D eigenvalue weighted by atomic mass is 16.7. The molecule has 2 heteroatoms. The summed E-state index contributed by atoms with van der Waals surface area (Å²) in [5.74, 6) is 0. The molecule has 1 fully saturated rings. The molecule has 2 nitrogen and oxygen atoms in total. The van der Waals surface area contributed by atoms with Gasteiger partial charge in [0.1, 0.15) is 0 Å². The van der Waals surface area contributed by atoms with E-state index in [9.17, 15) is 0 Å². The van der Waals surface area contributed by atoms with Crippen molar-refractivity contribution in [3.8, 4) is 0 Å². The van der Waals surface area contributed by atoms with Crippen molar-refractivity contribution in [2.24, 2.45) is 5.41 Å². The summed E-state index contributed by atoms with van der Waals surface area (Å²) in [6.07, 6.45) is 7.46. The molecule has 3 atom stereocenters. The number of hydrogen-bond donors (Lipinski definition) is 0. The maximum Gasteiger partial charge on any atom is 0.163 e. The summed E-state index contributed by atoms with van der Waals surface area (Å²) >= 11 is 0. The van der Waals surface area contributed by atoms with Gasteiger partial charge in [0.2, 0.25) is 0 Å². The van der Waals surface area contributed by atoms with Crippen molar-refractivity contribution in [2.75, 3.05) is 0 Å². The van der Waals surface area contributed by atoms with Crippen LogP contribution < -0.4 is 0 Å². The molecule has 0 bridgehead atoms. The fourth-order valence-electron chi connectivity index (χ4n) is 2.67. The van der Waals surface area contributed by atoms with Crippen LogP contribution in [0.5, 0.6) is 0 Å². The second-order valence-corrected chi connectivity index (χ2v) is 5.87. The van der Waals surface area contributed by atoms with E-state index in [1.54, 1.807) is 0 Å². The molecule has 0 aromatic carbocycles. The molecule has 2 rings (SSSR count). The van der Waals surface area contributed by atoms with E-state index in [1.165, 1.54) is 18.4 Å². The summed E-state index contributed by atoms with van der Waals surface area (Å²) in [4.78, 5) is 0. The molecular weight excluding hydrogens is 200 g/mol. The van der Waals surface area contributed by atoms with Crippen LogP contribution >= 0.6 is 0 Å². The van der Waals surface area contributed by atoms with Crippen LogP contribution in [0.25, 0.3) is 0 Å². The minimum absolute atomic E-state index is 0.0180. The van der Waals surface area contributed by atoms with Crippen molar-refractivity contribution in [3.63, 3.8) is 0 Å². The van der Waals surface area contributed by atoms with Crippen LogP contribution in [-0.4, -0.2) is 18.5 Å². The third kappa shape index (κ3) is 2.49. The summed E-state index contributed by atoms with van der Waals surface area (Å²) in [6.45, 7) is 8.82. The van der Waals surface area contributed by atoms with Gasteiger partial charge in [-0.2, -0.15) is 0 Å². The first-order valence-corrected chi connectivity index (χ1v) is 6.46. The van der Waals surface area contributed by atoms with E-state index >= 15 is 0 Å². The van der Waals surface area contributed by atoms with Gasteiger partial charge in [0, 0.05) is 5.41 Å². The normalized spacial score (nSPS) is 45.2. The fraction of sp³-hybridized carbons (Fsp3) is 0.857. The Kier molecular flexibility index (Phi) is 3.41. The van der Waals surface area contributed by atoms with E-state index in [1.807, 2.05) is 0 Å². The summed E-state index contributed by atoms with van der Waals surface area (Å²) in [6, 6.07) is 0. The van der Waals surface area contributed by atoms with Gasteiger partial charge in [-0.05, 0) is 46.5 Å². The minimum atomic E-state index is -0.0180. The highest BCUT2D eigenvalue weighted by Gasteiger charge is 2.40. The molecule has 1 saturated heterocycles. The molecule has 0 aromatic heterocycles. The Morgan fingerprint density at radius 3 is 2.38 bits per heavy atom. The lowest BCUT2D eigenvalue weighted by Crippen LogP contribution is -2.46. The summed E-state index contributed by atoms with van der Waals surface area (Å²) in [5.41, 5.74) is 1.68. The molecule has 2 aliphatic rings. The zero-order chi connectivity index (χ0) is 11.8. The lowest BCUT2D eigenvalue weighted by atomic mass is 9.76. The predicted molar refractivity (Wildman–Crippen MR) is 65.2 cm³/mol. The van der Waals surface area contributed by atoms with E-state index in [0.717, 1.165) is 12.8 Å². The van der Waals surface area contributed by atoms with Crippen LogP contribution in [0.15, 0.2) is 11.6 Å². The number of rotatable bonds is 1. The van der Waals surface area contributed by atoms with E-state index < -0.39 is 0 Å². The van der Waals surface area contributed by atoms with Crippen LogP contribution in [0.2, 0.25) is 0 Å². The van der Waals surface area contributed by atoms with Crippen molar-refractivity contribution < 1.29 is 9.47 Å². The smallest absolute Gasteiger partial charge is 0.163 e. The van der Waals surface area contributed by atoms with Gasteiger partial charge in [0.25, 0.3) is 0 Å². The summed E-state index contributed by atoms with van der Waals surface area (Å²) < 4.78 is 12.0. The lowest BCUT2D eigenvalue weighted by Gasteiger charge is -2.44. The fourth-order valence-corrected chi connectivity index (χ4v) is 2.67. The van der Waals surface area contributed by atoms with Gasteiger partial charge in [-0.15, -0.1) is 0 Å². The molecule has 0 spiro atoms. The zero-order valence-corrected chi connectivity index (χ0v) is 11.0. The van der Waals surface area contributed by atoms with Gasteiger partial charge in [0.05, 0.1) is 12.2 Å². The van der Waals surface area contributed by atoms with Crippen molar-refractivity contribution >= 4 is 0 Å². The Morgan fingerprint density at radius 1 is 1.25 bits per heavy atom. The van der Waals surface area contributed by atoms with Crippen LogP contribution in [0.4, 0.5) is 0 Å². The highest BCUT2D eigenvalue weighted by Crippen LogP contribution is 2.42. The first-order valence-electron chi connectivity index (χ1n) is 6.46. The van der Waals surface area contributed by atoms with Crippen LogP contribution in [0, 0.1) is 5.41 Å². The molecule has 0 radical (unpaired) electrons. The standard InChI is InChI=1S/C14H24O2/c1-10-5-7-14(4,8-6-10)13-15-11(2)9-12(3)16-13/h5,11-13H,6-9H2,1-4H3/t11-,12-,14-/m1/s1. The Morgan fingerprint density at radius 2 is 1.88 bits per heavy atom. The second-order valence-electron chi connectivity index (χ2n) is 5.87. The Hall–Kier alpha value is -0.340. The largest absolute Gasteiger partial charge is 0.349 e. The molecule has 16 heavy (non-hydrogen) atoms. The first kappa shape index (κ1) is 12.1. The summed E-state index contributed by atoms with van der Waals surface area (Å²) in [5, 5.41) is 0. The average molecular weight is 224 g/mol. The maximum absolute atomic E-state index is 5.98. The molecule has 0 aromatic rings. The second kappa shape index (κ2) is 4.50. The minimum Gasteiger partial charge on any atom is -0.349 e. The van der Waals surface area contributed by atoms with E-state index in [4.69, 9.17) is 9.47 Å². The van der Waals surface area contributed by atoms with Gasteiger partial charge < -0.3 is 9.47 Å². The number of allylic oxidation sites excluding steroid dienone is 2. The van der Waals surface area contributed by atoms with Crippen molar-refractivity contribution in [1.82, 2.24) is 0 Å². The van der Waals surface area contributed by atoms with Crippen LogP contribution in [0.3, 0.4) is 0 Å². The van der Waals surface area contributed by atoms with Gasteiger partial charge in [-0.3, -0.25) is 0 Å². The Labute approximate surface area is 99.0 Å². The van der Waals surface area contributed by atoms with Crippen molar-refractivity contribution in [3.05, 3.63) is 11.6 Å². The molecule has 0 saturated carbocycles. The van der Waals surface area contributed by atoms with Crippen LogP contribution in [-0.2, 0) is 9.47 Å². The molecule has 0 amide bonds. The first-order chi connectivity index (χ1) is 7.49. The maximum atomic E-state index is 5.98. The van der Waals surface area contributed by atoms with Crippen LogP contribution in [0.1, 0.15) is 53.4 Å². The van der Waals surface area contributed by atoms with Crippen molar-refractivity contribution in [2.45, 2.75) is 71.9 Å².